The van der Waals surface area contributed by atoms with Gasteiger partial charge in [0, 0.05) is 35.2 Å². The van der Waals surface area contributed by atoms with Gasteiger partial charge in [-0.3, -0.25) is 9.89 Å². The average Bonchev–Trinajstić information content (AvgIpc) is 3.28. The molecule has 4 aromatic rings. The molecule has 0 atom stereocenters. The van der Waals surface area contributed by atoms with Crippen LogP contribution in [0.4, 0.5) is 0 Å². The van der Waals surface area contributed by atoms with E-state index in [4.69, 9.17) is 14.6 Å². The lowest BCUT2D eigenvalue weighted by atomic mass is 10.0. The van der Waals surface area contributed by atoms with Crippen LogP contribution in [0.1, 0.15) is 22.8 Å². The van der Waals surface area contributed by atoms with E-state index in [0.717, 1.165) is 40.9 Å². The number of nitrogens with zero attached hydrogens (tertiary/aromatic N) is 3. The molecule has 0 spiro atoms. The summed E-state index contributed by atoms with van der Waals surface area (Å²) in [4.78, 5) is 35.3. The van der Waals surface area contributed by atoms with Gasteiger partial charge in [0.05, 0.1) is 11.4 Å². The quantitative estimate of drug-likeness (QED) is 0.439. The SMILES string of the molecule is CCc1ccc(-c2[nH]nc3nc(-c4ccc(C(=O)NCCN(C)C)cc4)ccc23)cc1.O=C=O. The fraction of sp³-hybridized carbons (Fsp3) is 0.231. The number of carbonyl (C=O) groups excluding carboxylic acids is 3. The van der Waals surface area contributed by atoms with Gasteiger partial charge < -0.3 is 10.2 Å². The Kier molecular flexibility index (Phi) is 8.40. The maximum atomic E-state index is 12.3. The fourth-order valence-corrected chi connectivity index (χ4v) is 3.47. The minimum atomic E-state index is -0.0668. The first-order chi connectivity index (χ1) is 16.5. The molecule has 174 valence electrons. The van der Waals surface area contributed by atoms with Crippen LogP contribution in [0.5, 0.6) is 0 Å². The van der Waals surface area contributed by atoms with Gasteiger partial charge in [-0.1, -0.05) is 43.3 Å². The molecule has 0 aliphatic rings. The highest BCUT2D eigenvalue weighted by Gasteiger charge is 2.11. The summed E-state index contributed by atoms with van der Waals surface area (Å²) in [5.74, 6) is -0.0668. The molecule has 4 rings (SSSR count). The van der Waals surface area contributed by atoms with Crippen molar-refractivity contribution in [3.05, 3.63) is 71.8 Å². The molecule has 0 unspecified atom stereocenters. The van der Waals surface area contributed by atoms with Crippen molar-refractivity contribution in [2.75, 3.05) is 27.2 Å². The van der Waals surface area contributed by atoms with Crippen molar-refractivity contribution in [1.82, 2.24) is 25.4 Å². The summed E-state index contributed by atoms with van der Waals surface area (Å²) in [5, 5.41) is 11.5. The zero-order chi connectivity index (χ0) is 24.5. The third kappa shape index (κ3) is 6.01. The first kappa shape index (κ1) is 24.5. The Morgan fingerprint density at radius 3 is 2.24 bits per heavy atom. The Balaban J connectivity index is 0.00000103. The number of aryl methyl sites for hydroxylation is 1. The van der Waals surface area contributed by atoms with Crippen molar-refractivity contribution in [1.29, 1.82) is 0 Å². The normalized spacial score (nSPS) is 10.5. The van der Waals surface area contributed by atoms with E-state index in [2.05, 4.69) is 46.7 Å². The summed E-state index contributed by atoms with van der Waals surface area (Å²) >= 11 is 0. The van der Waals surface area contributed by atoms with Crippen LogP contribution in [-0.2, 0) is 16.0 Å². The molecule has 0 aliphatic heterocycles. The first-order valence-corrected chi connectivity index (χ1v) is 10.9. The van der Waals surface area contributed by atoms with Gasteiger partial charge in [0.25, 0.3) is 5.91 Å². The number of nitrogens with one attached hydrogen (secondary N) is 2. The largest absolute Gasteiger partial charge is 0.373 e. The third-order valence-electron chi connectivity index (χ3n) is 5.36. The Hall–Kier alpha value is -4.13. The lowest BCUT2D eigenvalue weighted by molar-refractivity contribution is -0.191. The van der Waals surface area contributed by atoms with Crippen molar-refractivity contribution in [2.24, 2.45) is 0 Å². The lowest BCUT2D eigenvalue weighted by Crippen LogP contribution is -2.31. The second-order valence-electron chi connectivity index (χ2n) is 7.94. The molecule has 8 nitrogen and oxygen atoms in total. The van der Waals surface area contributed by atoms with Crippen molar-refractivity contribution in [2.45, 2.75) is 13.3 Å². The topological polar surface area (TPSA) is 108 Å². The smallest absolute Gasteiger partial charge is 0.351 e. The highest BCUT2D eigenvalue weighted by Crippen LogP contribution is 2.28. The Morgan fingerprint density at radius 2 is 1.62 bits per heavy atom. The lowest BCUT2D eigenvalue weighted by Gasteiger charge is -2.10. The van der Waals surface area contributed by atoms with E-state index in [0.29, 0.717) is 17.8 Å². The number of benzene rings is 2. The zero-order valence-corrected chi connectivity index (χ0v) is 19.5. The molecule has 0 fully saturated rings. The number of rotatable bonds is 7. The van der Waals surface area contributed by atoms with E-state index in [-0.39, 0.29) is 12.1 Å². The predicted molar refractivity (Wildman–Crippen MR) is 130 cm³/mol. The zero-order valence-electron chi connectivity index (χ0n) is 19.5. The van der Waals surface area contributed by atoms with Gasteiger partial charge in [-0.15, -0.1) is 0 Å². The molecule has 2 aromatic carbocycles. The van der Waals surface area contributed by atoms with Gasteiger partial charge in [0.2, 0.25) is 0 Å². The number of fused-ring (bicyclic) bond motifs is 1. The molecule has 0 saturated carbocycles. The number of H-pyrrole nitrogens is 1. The molecule has 2 heterocycles. The van der Waals surface area contributed by atoms with Gasteiger partial charge in [-0.05, 0) is 50.3 Å². The molecule has 2 aromatic heterocycles. The van der Waals surface area contributed by atoms with Gasteiger partial charge in [-0.2, -0.15) is 14.7 Å². The number of hydrogen-bond donors (Lipinski definition) is 2. The van der Waals surface area contributed by atoms with E-state index in [1.54, 1.807) is 0 Å². The average molecular weight is 458 g/mol. The van der Waals surface area contributed by atoms with Crippen LogP contribution in [0, 0.1) is 0 Å². The molecular formula is C26H27N5O3. The van der Waals surface area contributed by atoms with Crippen LogP contribution >= 0.6 is 0 Å². The molecule has 0 aliphatic carbocycles. The summed E-state index contributed by atoms with van der Waals surface area (Å²) in [6, 6.07) is 20.1. The standard InChI is InChI=1S/C25H27N5O.CO2/c1-4-17-5-7-19(8-6-17)23-21-13-14-22(27-24(21)29-28-23)18-9-11-20(12-10-18)25(31)26-15-16-30(2)3;2-1-3/h5-14H,4,15-16H2,1-3H3,(H,26,31)(H,27,28,29);. The van der Waals surface area contributed by atoms with E-state index in [1.165, 1.54) is 5.56 Å². The Morgan fingerprint density at radius 1 is 0.971 bits per heavy atom. The summed E-state index contributed by atoms with van der Waals surface area (Å²) in [7, 11) is 3.96. The summed E-state index contributed by atoms with van der Waals surface area (Å²) < 4.78 is 0. The maximum Gasteiger partial charge on any atom is 0.373 e. The Labute approximate surface area is 198 Å². The minimum absolute atomic E-state index is 0.0668. The molecule has 2 N–H and O–H groups in total. The van der Waals surface area contributed by atoms with Crippen LogP contribution in [0.3, 0.4) is 0 Å². The Bertz CT molecular complexity index is 1270. The van der Waals surface area contributed by atoms with Crippen molar-refractivity contribution >= 4 is 23.1 Å². The van der Waals surface area contributed by atoms with Crippen LogP contribution in [0.15, 0.2) is 60.7 Å². The van der Waals surface area contributed by atoms with Gasteiger partial charge in [0.15, 0.2) is 5.65 Å². The molecule has 34 heavy (non-hydrogen) atoms. The summed E-state index contributed by atoms with van der Waals surface area (Å²) in [5.41, 5.74) is 6.47. The monoisotopic (exact) mass is 457 g/mol. The van der Waals surface area contributed by atoms with E-state index < -0.39 is 0 Å². The van der Waals surface area contributed by atoms with Crippen LogP contribution in [0.2, 0.25) is 0 Å². The molecule has 1 amide bonds. The summed E-state index contributed by atoms with van der Waals surface area (Å²) in [6.45, 7) is 3.58. The molecular weight excluding hydrogens is 430 g/mol. The molecule has 0 bridgehead atoms. The van der Waals surface area contributed by atoms with E-state index in [1.807, 2.05) is 55.4 Å². The van der Waals surface area contributed by atoms with Crippen LogP contribution in [-0.4, -0.2) is 59.3 Å². The minimum Gasteiger partial charge on any atom is -0.351 e. The maximum absolute atomic E-state index is 12.3. The molecule has 0 radical (unpaired) electrons. The van der Waals surface area contributed by atoms with Gasteiger partial charge in [0.1, 0.15) is 0 Å². The number of likely N-dealkylation sites (N-methyl/N-ethyl adjacent to an activating group) is 1. The van der Waals surface area contributed by atoms with Crippen molar-refractivity contribution < 1.29 is 14.4 Å². The second kappa shape index (κ2) is 11.7. The predicted octanol–water partition coefficient (Wildman–Crippen LogP) is 3.56. The highest BCUT2D eigenvalue weighted by molar-refractivity contribution is 5.95. The first-order valence-electron chi connectivity index (χ1n) is 10.9. The highest BCUT2D eigenvalue weighted by atomic mass is 16.2. The molecule has 0 saturated heterocycles. The molecule has 8 heteroatoms. The number of aromatic nitrogens is 3. The third-order valence-corrected chi connectivity index (χ3v) is 5.36. The number of carbonyl (C=O) groups is 1. The number of pyridine rings is 1. The van der Waals surface area contributed by atoms with Crippen molar-refractivity contribution in [3.63, 3.8) is 0 Å². The van der Waals surface area contributed by atoms with Crippen LogP contribution < -0.4 is 5.32 Å². The van der Waals surface area contributed by atoms with Crippen molar-refractivity contribution in [3.8, 4) is 22.5 Å². The van der Waals surface area contributed by atoms with E-state index in [9.17, 15) is 4.79 Å². The van der Waals surface area contributed by atoms with Gasteiger partial charge in [-0.25, -0.2) is 4.98 Å². The fourth-order valence-electron chi connectivity index (χ4n) is 3.47. The number of hydrogen-bond acceptors (Lipinski definition) is 6. The number of amides is 1. The van der Waals surface area contributed by atoms with Crippen LogP contribution in [0.25, 0.3) is 33.5 Å². The summed E-state index contributed by atoms with van der Waals surface area (Å²) in [6.07, 6.45) is 1.27. The number of aromatic amines is 1. The van der Waals surface area contributed by atoms with Gasteiger partial charge >= 0.3 is 6.15 Å². The second-order valence-corrected chi connectivity index (χ2v) is 7.94. The van der Waals surface area contributed by atoms with E-state index >= 15 is 0 Å².